The minimum atomic E-state index is -0.718. The second-order valence-corrected chi connectivity index (χ2v) is 6.37. The number of carbonyl (C=O) groups is 1. The summed E-state index contributed by atoms with van der Waals surface area (Å²) in [4.78, 5) is 16.5. The number of piperazine rings is 1. The van der Waals surface area contributed by atoms with Gasteiger partial charge in [0.05, 0.1) is 6.21 Å². The molecule has 1 aliphatic rings. The third-order valence-electron chi connectivity index (χ3n) is 4.50. The van der Waals surface area contributed by atoms with Crippen LogP contribution in [0.1, 0.15) is 12.0 Å². The van der Waals surface area contributed by atoms with Crippen LogP contribution in [-0.4, -0.2) is 49.7 Å². The molecule has 0 radical (unpaired) electrons. The summed E-state index contributed by atoms with van der Waals surface area (Å²) in [6, 6.07) is 13.5. The number of halogens is 2. The van der Waals surface area contributed by atoms with Crippen molar-refractivity contribution in [2.75, 3.05) is 37.6 Å². The zero-order valence-electron chi connectivity index (χ0n) is 14.9. The van der Waals surface area contributed by atoms with Crippen LogP contribution in [0, 0.1) is 11.6 Å². The van der Waals surface area contributed by atoms with Crippen molar-refractivity contribution in [1.82, 2.24) is 10.3 Å². The van der Waals surface area contributed by atoms with Crippen molar-refractivity contribution in [2.45, 2.75) is 6.42 Å². The lowest BCUT2D eigenvalue weighted by Gasteiger charge is -2.36. The van der Waals surface area contributed by atoms with Gasteiger partial charge in [0, 0.05) is 56.5 Å². The molecule has 1 saturated heterocycles. The van der Waals surface area contributed by atoms with Crippen molar-refractivity contribution in [2.24, 2.45) is 5.10 Å². The number of hydrogen-bond acceptors (Lipinski definition) is 4. The molecule has 2 aromatic carbocycles. The number of rotatable bonds is 6. The molecule has 0 aromatic heterocycles. The molecule has 0 atom stereocenters. The van der Waals surface area contributed by atoms with Crippen LogP contribution in [0.2, 0.25) is 0 Å². The van der Waals surface area contributed by atoms with Gasteiger partial charge in [-0.25, -0.2) is 14.2 Å². The van der Waals surface area contributed by atoms with Crippen LogP contribution in [0.25, 0.3) is 0 Å². The van der Waals surface area contributed by atoms with Crippen LogP contribution >= 0.6 is 0 Å². The highest BCUT2D eigenvalue weighted by atomic mass is 19.1. The molecule has 1 heterocycles. The first-order valence-corrected chi connectivity index (χ1v) is 8.91. The monoisotopic (exact) mass is 372 g/mol. The quantitative estimate of drug-likeness (QED) is 0.626. The van der Waals surface area contributed by atoms with E-state index in [4.69, 9.17) is 0 Å². The average molecular weight is 372 g/mol. The summed E-state index contributed by atoms with van der Waals surface area (Å²) in [6.45, 7) is 4.29. The zero-order chi connectivity index (χ0) is 19.1. The highest BCUT2D eigenvalue weighted by Crippen LogP contribution is 2.15. The van der Waals surface area contributed by atoms with E-state index < -0.39 is 11.6 Å². The van der Waals surface area contributed by atoms with Crippen molar-refractivity contribution in [1.29, 1.82) is 0 Å². The normalized spacial score (nSPS) is 15.3. The molecule has 1 amide bonds. The van der Waals surface area contributed by atoms with Crippen LogP contribution in [0.15, 0.2) is 53.6 Å². The van der Waals surface area contributed by atoms with Gasteiger partial charge in [0.15, 0.2) is 0 Å². The number of hydrogen-bond donors (Lipinski definition) is 1. The lowest BCUT2D eigenvalue weighted by Crippen LogP contribution is -2.47. The summed E-state index contributed by atoms with van der Waals surface area (Å²) in [5.74, 6) is -1.61. The van der Waals surface area contributed by atoms with Gasteiger partial charge < -0.3 is 4.90 Å². The van der Waals surface area contributed by atoms with Gasteiger partial charge in [0.2, 0.25) is 5.91 Å². The van der Waals surface area contributed by atoms with E-state index in [1.54, 1.807) is 0 Å². The Morgan fingerprint density at radius 3 is 2.52 bits per heavy atom. The number of amides is 1. The van der Waals surface area contributed by atoms with E-state index in [9.17, 15) is 13.6 Å². The predicted octanol–water partition coefficient (Wildman–Crippen LogP) is 2.63. The molecule has 0 aliphatic carbocycles. The van der Waals surface area contributed by atoms with Crippen molar-refractivity contribution in [3.05, 3.63) is 65.7 Å². The minimum absolute atomic E-state index is 0.119. The Morgan fingerprint density at radius 2 is 1.81 bits per heavy atom. The lowest BCUT2D eigenvalue weighted by molar-refractivity contribution is -0.121. The molecule has 3 rings (SSSR count). The Labute approximate surface area is 157 Å². The second kappa shape index (κ2) is 9.23. The molecule has 2 aromatic rings. The number of para-hydroxylation sites is 1. The molecule has 0 unspecified atom stereocenters. The van der Waals surface area contributed by atoms with E-state index in [0.717, 1.165) is 38.3 Å². The first-order valence-electron chi connectivity index (χ1n) is 8.91. The van der Waals surface area contributed by atoms with Crippen molar-refractivity contribution < 1.29 is 13.6 Å². The number of benzene rings is 2. The summed E-state index contributed by atoms with van der Waals surface area (Å²) >= 11 is 0. The smallest absolute Gasteiger partial charge is 0.241 e. The summed E-state index contributed by atoms with van der Waals surface area (Å²) in [7, 11) is 0. The first-order chi connectivity index (χ1) is 13.1. The summed E-state index contributed by atoms with van der Waals surface area (Å²) < 4.78 is 26.3. The maximum atomic E-state index is 13.5. The summed E-state index contributed by atoms with van der Waals surface area (Å²) in [5, 5.41) is 3.73. The largest absolute Gasteiger partial charge is 0.369 e. The van der Waals surface area contributed by atoms with E-state index >= 15 is 0 Å². The zero-order valence-corrected chi connectivity index (χ0v) is 14.9. The third kappa shape index (κ3) is 5.59. The molecule has 1 fully saturated rings. The second-order valence-electron chi connectivity index (χ2n) is 6.37. The Hall–Kier alpha value is -2.80. The van der Waals surface area contributed by atoms with Gasteiger partial charge in [-0.2, -0.15) is 5.10 Å². The van der Waals surface area contributed by atoms with Crippen molar-refractivity contribution in [3.8, 4) is 0 Å². The fourth-order valence-electron chi connectivity index (χ4n) is 2.96. The van der Waals surface area contributed by atoms with Gasteiger partial charge in [0.25, 0.3) is 0 Å². The van der Waals surface area contributed by atoms with Gasteiger partial charge in [-0.05, 0) is 24.3 Å². The SMILES string of the molecule is O=C(CCN1CCN(c2ccccc2)CC1)N/N=C\c1ccc(F)cc1F. The summed E-state index contributed by atoms with van der Waals surface area (Å²) in [6.07, 6.45) is 1.49. The average Bonchev–Trinajstić information content (AvgIpc) is 2.69. The summed E-state index contributed by atoms with van der Waals surface area (Å²) in [5.41, 5.74) is 3.72. The third-order valence-corrected chi connectivity index (χ3v) is 4.50. The van der Waals surface area contributed by atoms with E-state index in [1.807, 2.05) is 18.2 Å². The Morgan fingerprint density at radius 1 is 1.07 bits per heavy atom. The van der Waals surface area contributed by atoms with E-state index in [0.29, 0.717) is 13.0 Å². The molecule has 27 heavy (non-hydrogen) atoms. The van der Waals surface area contributed by atoms with Crippen molar-refractivity contribution >= 4 is 17.8 Å². The van der Waals surface area contributed by atoms with Crippen LogP contribution in [-0.2, 0) is 4.79 Å². The molecule has 5 nitrogen and oxygen atoms in total. The molecule has 7 heteroatoms. The van der Waals surface area contributed by atoms with Gasteiger partial charge >= 0.3 is 0 Å². The van der Waals surface area contributed by atoms with Gasteiger partial charge in [-0.15, -0.1) is 0 Å². The molecular weight excluding hydrogens is 350 g/mol. The maximum absolute atomic E-state index is 13.5. The Bertz CT molecular complexity index is 790. The molecule has 1 aliphatic heterocycles. The molecule has 0 saturated carbocycles. The Balaban J connectivity index is 1.38. The van der Waals surface area contributed by atoms with Gasteiger partial charge in [-0.3, -0.25) is 9.69 Å². The predicted molar refractivity (Wildman–Crippen MR) is 102 cm³/mol. The molecular formula is C20H22F2N4O. The van der Waals surface area contributed by atoms with E-state index in [-0.39, 0.29) is 11.5 Å². The molecule has 142 valence electrons. The maximum Gasteiger partial charge on any atom is 0.241 e. The number of hydrazone groups is 1. The number of nitrogens with one attached hydrogen (secondary N) is 1. The number of anilines is 1. The first kappa shape index (κ1) is 19.0. The molecule has 0 bridgehead atoms. The fraction of sp³-hybridized carbons (Fsp3) is 0.300. The van der Waals surface area contributed by atoms with Crippen LogP contribution in [0.4, 0.5) is 14.5 Å². The van der Waals surface area contributed by atoms with Gasteiger partial charge in [-0.1, -0.05) is 18.2 Å². The molecule has 0 spiro atoms. The van der Waals surface area contributed by atoms with Crippen LogP contribution in [0.3, 0.4) is 0 Å². The van der Waals surface area contributed by atoms with E-state index in [1.165, 1.54) is 18.0 Å². The minimum Gasteiger partial charge on any atom is -0.369 e. The fourth-order valence-corrected chi connectivity index (χ4v) is 2.96. The number of nitrogens with zero attached hydrogens (tertiary/aromatic N) is 3. The van der Waals surface area contributed by atoms with E-state index in [2.05, 4.69) is 32.5 Å². The van der Waals surface area contributed by atoms with Crippen molar-refractivity contribution in [3.63, 3.8) is 0 Å². The topological polar surface area (TPSA) is 47.9 Å². The van der Waals surface area contributed by atoms with Crippen LogP contribution in [0.5, 0.6) is 0 Å². The Kier molecular flexibility index (Phi) is 6.49. The highest BCUT2D eigenvalue weighted by Gasteiger charge is 2.17. The molecule has 1 N–H and O–H groups in total. The van der Waals surface area contributed by atoms with Gasteiger partial charge in [0.1, 0.15) is 11.6 Å². The standard InChI is InChI=1S/C20H22F2N4O/c21-17-7-6-16(19(22)14-17)15-23-24-20(27)8-9-25-10-12-26(13-11-25)18-4-2-1-3-5-18/h1-7,14-15H,8-13H2,(H,24,27)/b23-15-. The lowest BCUT2D eigenvalue weighted by atomic mass is 10.2. The number of carbonyl (C=O) groups excluding carboxylic acids is 1. The van der Waals surface area contributed by atoms with Crippen LogP contribution < -0.4 is 10.3 Å². The highest BCUT2D eigenvalue weighted by molar-refractivity contribution is 5.82.